The van der Waals surface area contributed by atoms with E-state index in [0.29, 0.717) is 13.0 Å². The van der Waals surface area contributed by atoms with Gasteiger partial charge in [0.05, 0.1) is 6.04 Å². The van der Waals surface area contributed by atoms with Crippen molar-refractivity contribution in [3.05, 3.63) is 41.6 Å². The van der Waals surface area contributed by atoms with Crippen LogP contribution < -0.4 is 62.0 Å². The monoisotopic (exact) mass is 259 g/mol. The molecule has 0 saturated carbocycles. The molecule has 0 bridgehead atoms. The third-order valence-electron chi connectivity index (χ3n) is 2.36. The van der Waals surface area contributed by atoms with E-state index in [4.69, 9.17) is 5.73 Å². The molecule has 1 aromatic carbocycles. The molecule has 0 heterocycles. The Kier molecular flexibility index (Phi) is 10.3. The van der Waals surface area contributed by atoms with Crippen molar-refractivity contribution in [3.8, 4) is 0 Å². The minimum absolute atomic E-state index is 0. The number of hydrogen-bond donors (Lipinski definition) is 2. The Morgan fingerprint density at radius 2 is 2.00 bits per heavy atom. The van der Waals surface area contributed by atoms with Crippen LogP contribution >= 0.6 is 0 Å². The second-order valence-electron chi connectivity index (χ2n) is 3.56. The fourth-order valence-corrected chi connectivity index (χ4v) is 1.53. The van der Waals surface area contributed by atoms with Crippen LogP contribution in [0.15, 0.2) is 30.3 Å². The van der Waals surface area contributed by atoms with Crippen LogP contribution in [0.5, 0.6) is 0 Å². The van der Waals surface area contributed by atoms with Crippen LogP contribution in [-0.4, -0.2) is 32.1 Å². The predicted molar refractivity (Wildman–Crippen MR) is 65.2 cm³/mol. The van der Waals surface area contributed by atoms with Gasteiger partial charge in [0, 0.05) is 7.05 Å². The van der Waals surface area contributed by atoms with Crippen LogP contribution in [0.4, 0.5) is 0 Å². The molecule has 4 nitrogen and oxygen atoms in total. The van der Waals surface area contributed by atoms with E-state index in [-0.39, 0.29) is 69.9 Å². The molecule has 0 aliphatic heterocycles. The Labute approximate surface area is 145 Å². The van der Waals surface area contributed by atoms with Gasteiger partial charge in [-0.05, 0) is 18.5 Å². The average molecular weight is 259 g/mol. The zero-order valence-corrected chi connectivity index (χ0v) is 13.6. The van der Waals surface area contributed by atoms with Gasteiger partial charge in [-0.25, -0.2) is 0 Å². The first-order valence-corrected chi connectivity index (χ1v) is 5.41. The topological polar surface area (TPSA) is 64.9 Å². The van der Waals surface area contributed by atoms with Gasteiger partial charge in [-0.3, -0.25) is 4.79 Å². The quantitative estimate of drug-likeness (QED) is 0.580. The van der Waals surface area contributed by atoms with Gasteiger partial charge < -0.3 is 16.4 Å². The minimum Gasteiger partial charge on any atom is -0.676 e. The molecular weight excluding hydrogens is 241 g/mol. The molecule has 1 rings (SSSR count). The van der Waals surface area contributed by atoms with Crippen LogP contribution in [0.25, 0.3) is 5.73 Å². The summed E-state index contributed by atoms with van der Waals surface area (Å²) in [5, 5.41) is 5.70. The summed E-state index contributed by atoms with van der Waals surface area (Å²) in [6.07, 6.45) is 0.653. The third kappa shape index (κ3) is 6.66. The Morgan fingerprint density at radius 3 is 2.53 bits per heavy atom. The van der Waals surface area contributed by atoms with Crippen LogP contribution in [0.1, 0.15) is 5.56 Å². The molecule has 0 aliphatic carbocycles. The van der Waals surface area contributed by atoms with Gasteiger partial charge in [-0.1, -0.05) is 30.3 Å². The number of rotatable bonds is 6. The van der Waals surface area contributed by atoms with Crippen molar-refractivity contribution in [2.45, 2.75) is 12.5 Å². The first-order chi connectivity index (χ1) is 7.77. The molecule has 0 fully saturated rings. The fraction of sp³-hybridized carbons (Fsp3) is 0.417. The maximum Gasteiger partial charge on any atom is 1.00 e. The van der Waals surface area contributed by atoms with Crippen molar-refractivity contribution < 1.29 is 56.2 Å². The maximum atomic E-state index is 11.6. The van der Waals surface area contributed by atoms with Gasteiger partial charge in [0.15, 0.2) is 0 Å². The first kappa shape index (κ1) is 17.2. The number of carbonyl (C=O) groups excluding carboxylic acids is 1. The first-order valence-electron chi connectivity index (χ1n) is 5.41. The molecule has 0 spiro atoms. The van der Waals surface area contributed by atoms with E-state index in [1.165, 1.54) is 0 Å². The molecule has 1 atom stereocenters. The zero-order valence-electron chi connectivity index (χ0n) is 10.5. The average Bonchev–Trinajstić information content (AvgIpc) is 2.34. The van der Waals surface area contributed by atoms with Gasteiger partial charge in [0.1, 0.15) is 0 Å². The van der Waals surface area contributed by atoms with Crippen LogP contribution in [0, 0.1) is 0 Å². The van der Waals surface area contributed by atoms with E-state index >= 15 is 0 Å². The molecule has 1 amide bonds. The fourth-order valence-electron chi connectivity index (χ4n) is 1.53. The molecule has 0 saturated heterocycles. The van der Waals surface area contributed by atoms with E-state index in [0.717, 1.165) is 5.56 Å². The second kappa shape index (κ2) is 10.2. The summed E-state index contributed by atoms with van der Waals surface area (Å²) < 4.78 is 0. The predicted octanol–water partition coefficient (Wildman–Crippen LogP) is -2.01. The van der Waals surface area contributed by atoms with Crippen molar-refractivity contribution in [2.24, 2.45) is 0 Å². The molecule has 88 valence electrons. The van der Waals surface area contributed by atoms with Crippen LogP contribution in [0.2, 0.25) is 0 Å². The van der Waals surface area contributed by atoms with Crippen molar-refractivity contribution >= 4 is 5.91 Å². The molecule has 5 heteroatoms. The van der Waals surface area contributed by atoms with Gasteiger partial charge in [0.2, 0.25) is 5.91 Å². The summed E-state index contributed by atoms with van der Waals surface area (Å²) in [4.78, 5) is 11.6. The maximum absolute atomic E-state index is 11.6. The third-order valence-corrected chi connectivity index (χ3v) is 2.36. The summed E-state index contributed by atoms with van der Waals surface area (Å²) in [7, 11) is 1.63. The van der Waals surface area contributed by atoms with Crippen molar-refractivity contribution in [1.82, 2.24) is 10.6 Å². The van der Waals surface area contributed by atoms with Gasteiger partial charge in [0.25, 0.3) is 0 Å². The summed E-state index contributed by atoms with van der Waals surface area (Å²) in [6, 6.07) is 9.62. The Balaban J connectivity index is 0.00000256. The van der Waals surface area contributed by atoms with Gasteiger partial charge >= 0.3 is 51.4 Å². The van der Waals surface area contributed by atoms with Crippen molar-refractivity contribution in [1.29, 1.82) is 0 Å². The standard InChI is InChI=1S/C12H18N3O.K/c1-14-12(16)11(15-8-7-13)9-10-5-3-2-4-6-10;/h2-6,11,13,15H,7-9H2,1H3,(H,14,16);/q-1;+1. The molecule has 1 unspecified atom stereocenters. The normalized spacial score (nSPS) is 11.4. The summed E-state index contributed by atoms with van der Waals surface area (Å²) in [6.45, 7) is 0.813. The summed E-state index contributed by atoms with van der Waals surface area (Å²) in [5.41, 5.74) is 8.20. The van der Waals surface area contributed by atoms with Crippen LogP contribution in [0.3, 0.4) is 0 Å². The zero-order chi connectivity index (χ0) is 11.8. The van der Waals surface area contributed by atoms with Gasteiger partial charge in [-0.2, -0.15) is 0 Å². The number of benzene rings is 1. The summed E-state index contributed by atoms with van der Waals surface area (Å²) >= 11 is 0. The molecular formula is C12H18KN3O. The molecule has 0 aromatic heterocycles. The van der Waals surface area contributed by atoms with Crippen LogP contribution in [-0.2, 0) is 11.2 Å². The number of carbonyl (C=O) groups is 1. The summed E-state index contributed by atoms with van der Waals surface area (Å²) in [5.74, 6) is -0.0303. The Morgan fingerprint density at radius 1 is 1.35 bits per heavy atom. The molecule has 3 N–H and O–H groups in total. The van der Waals surface area contributed by atoms with E-state index in [2.05, 4.69) is 10.6 Å². The number of amides is 1. The molecule has 17 heavy (non-hydrogen) atoms. The van der Waals surface area contributed by atoms with Gasteiger partial charge in [-0.15, -0.1) is 6.54 Å². The smallest absolute Gasteiger partial charge is 0.676 e. The Hall–Kier alpha value is 0.246. The van der Waals surface area contributed by atoms with Crippen molar-refractivity contribution in [2.75, 3.05) is 20.1 Å². The molecule has 0 aliphatic rings. The Bertz CT molecular complexity index is 319. The van der Waals surface area contributed by atoms with E-state index in [9.17, 15) is 4.79 Å². The second-order valence-corrected chi connectivity index (χ2v) is 3.56. The minimum atomic E-state index is -0.252. The molecule has 1 aromatic rings. The number of hydrogen-bond acceptors (Lipinski definition) is 2. The number of likely N-dealkylation sites (N-methyl/N-ethyl adjacent to an activating group) is 1. The largest absolute Gasteiger partial charge is 1.00 e. The molecule has 0 radical (unpaired) electrons. The SMILES string of the molecule is CNC(=O)C(Cc1ccccc1)NCC[NH-].[K+]. The number of nitrogens with one attached hydrogen (secondary N) is 3. The van der Waals surface area contributed by atoms with E-state index in [1.54, 1.807) is 7.05 Å². The van der Waals surface area contributed by atoms with E-state index in [1.807, 2.05) is 30.3 Å². The van der Waals surface area contributed by atoms with Crippen molar-refractivity contribution in [3.63, 3.8) is 0 Å². The van der Waals surface area contributed by atoms with E-state index < -0.39 is 0 Å².